The number of fused-ring (bicyclic) bond motifs is 3. The van der Waals surface area contributed by atoms with Crippen molar-refractivity contribution in [1.29, 1.82) is 0 Å². The topological polar surface area (TPSA) is 109 Å². The average Bonchev–Trinajstić information content (AvgIpc) is 3.37. The van der Waals surface area contributed by atoms with E-state index in [4.69, 9.17) is 14.2 Å². The summed E-state index contributed by atoms with van der Waals surface area (Å²) in [5, 5.41) is 11.8. The fourth-order valence-electron chi connectivity index (χ4n) is 6.11. The molecule has 2 aromatic carbocycles. The Hall–Kier alpha value is -3.89. The monoisotopic (exact) mass is 547 g/mol. The normalized spacial score (nSPS) is 23.8. The SMILES string of the molecule is CCCCN1C(=O)C2(C(=C(O)c3ccc4c(c3)OCCO4)C(=O)C(=O)N2CCN2CCOCC2)c2ccccc21. The average molecular weight is 548 g/mol. The molecule has 4 heterocycles. The Kier molecular flexibility index (Phi) is 6.97. The molecule has 0 aromatic heterocycles. The first-order valence-electron chi connectivity index (χ1n) is 13.9. The van der Waals surface area contributed by atoms with Crippen LogP contribution < -0.4 is 14.4 Å². The van der Waals surface area contributed by atoms with E-state index in [1.54, 1.807) is 35.2 Å². The number of unbranched alkanes of at least 4 members (excludes halogenated alkanes) is 1. The maximum absolute atomic E-state index is 14.6. The van der Waals surface area contributed by atoms with Crippen LogP contribution in [0.3, 0.4) is 0 Å². The third-order valence-corrected chi connectivity index (χ3v) is 8.10. The number of carbonyl (C=O) groups is 3. The maximum Gasteiger partial charge on any atom is 0.296 e. The van der Waals surface area contributed by atoms with Crippen LogP contribution in [0.4, 0.5) is 5.69 Å². The summed E-state index contributed by atoms with van der Waals surface area (Å²) < 4.78 is 16.8. The number of rotatable bonds is 7. The number of likely N-dealkylation sites (tertiary alicyclic amines) is 1. The third kappa shape index (κ3) is 4.05. The van der Waals surface area contributed by atoms with Crippen molar-refractivity contribution in [3.63, 3.8) is 0 Å². The lowest BCUT2D eigenvalue weighted by molar-refractivity contribution is -0.144. The maximum atomic E-state index is 14.6. The number of Topliss-reactive ketones (excluding diaryl/α,β-unsaturated/α-hetero) is 1. The highest BCUT2D eigenvalue weighted by molar-refractivity contribution is 6.50. The molecule has 2 fully saturated rings. The van der Waals surface area contributed by atoms with Crippen LogP contribution in [0.2, 0.25) is 0 Å². The van der Waals surface area contributed by atoms with Crippen LogP contribution in [0.15, 0.2) is 48.0 Å². The van der Waals surface area contributed by atoms with E-state index in [1.165, 1.54) is 4.90 Å². The van der Waals surface area contributed by atoms with Gasteiger partial charge in [0.15, 0.2) is 17.0 Å². The number of anilines is 1. The number of aliphatic hydroxyl groups is 1. The number of ketones is 1. The number of amides is 2. The van der Waals surface area contributed by atoms with Gasteiger partial charge in [-0.2, -0.15) is 0 Å². The minimum Gasteiger partial charge on any atom is -0.507 e. The summed E-state index contributed by atoms with van der Waals surface area (Å²) in [6.07, 6.45) is 1.61. The van der Waals surface area contributed by atoms with Crippen molar-refractivity contribution in [3.05, 3.63) is 59.2 Å². The van der Waals surface area contributed by atoms with Crippen LogP contribution in [0, 0.1) is 0 Å². The number of aliphatic hydroxyl groups excluding tert-OH is 1. The van der Waals surface area contributed by atoms with Gasteiger partial charge >= 0.3 is 0 Å². The standard InChI is InChI=1S/C30H33N3O7/c1-2-3-10-32-22-7-5-4-6-21(22)30(29(32)37)25(26(34)20-8-9-23-24(19-20)40-18-17-39-23)27(35)28(36)33(30)12-11-31-13-15-38-16-14-31/h4-9,19,34H,2-3,10-18H2,1H3. The molecule has 40 heavy (non-hydrogen) atoms. The van der Waals surface area contributed by atoms with Crippen molar-refractivity contribution < 1.29 is 33.7 Å². The van der Waals surface area contributed by atoms with E-state index >= 15 is 0 Å². The van der Waals surface area contributed by atoms with Gasteiger partial charge in [-0.15, -0.1) is 0 Å². The number of para-hydroxylation sites is 1. The minimum atomic E-state index is -1.78. The highest BCUT2D eigenvalue weighted by Crippen LogP contribution is 2.53. The van der Waals surface area contributed by atoms with Crippen LogP contribution in [0.25, 0.3) is 5.76 Å². The fraction of sp³-hybridized carbons (Fsp3) is 0.433. The van der Waals surface area contributed by atoms with E-state index in [9.17, 15) is 19.5 Å². The first-order valence-corrected chi connectivity index (χ1v) is 13.9. The summed E-state index contributed by atoms with van der Waals surface area (Å²) in [6.45, 7) is 6.40. The zero-order chi connectivity index (χ0) is 27.9. The van der Waals surface area contributed by atoms with Crippen LogP contribution in [0.1, 0.15) is 30.9 Å². The van der Waals surface area contributed by atoms with E-state index in [-0.39, 0.29) is 17.7 Å². The first-order chi connectivity index (χ1) is 19.5. The van der Waals surface area contributed by atoms with E-state index < -0.39 is 28.9 Å². The lowest BCUT2D eigenvalue weighted by Gasteiger charge is -2.36. The van der Waals surface area contributed by atoms with Crippen molar-refractivity contribution in [1.82, 2.24) is 9.80 Å². The lowest BCUT2D eigenvalue weighted by Crippen LogP contribution is -2.54. The number of nitrogens with zero attached hydrogens (tertiary/aromatic N) is 3. The molecule has 1 unspecified atom stereocenters. The summed E-state index contributed by atoms with van der Waals surface area (Å²) in [4.78, 5) is 47.4. The van der Waals surface area contributed by atoms with Gasteiger partial charge in [-0.3, -0.25) is 19.3 Å². The predicted octanol–water partition coefficient (Wildman–Crippen LogP) is 2.51. The van der Waals surface area contributed by atoms with Gasteiger partial charge in [-0.1, -0.05) is 31.5 Å². The van der Waals surface area contributed by atoms with Gasteiger partial charge in [0, 0.05) is 43.9 Å². The first kappa shape index (κ1) is 26.3. The second kappa shape index (κ2) is 10.6. The molecule has 4 aliphatic rings. The number of hydrogen-bond acceptors (Lipinski definition) is 8. The summed E-state index contributed by atoms with van der Waals surface area (Å²) >= 11 is 0. The summed E-state index contributed by atoms with van der Waals surface area (Å²) in [5.74, 6) is -1.54. The number of ether oxygens (including phenoxy) is 3. The van der Waals surface area contributed by atoms with Crippen molar-refractivity contribution in [3.8, 4) is 11.5 Å². The van der Waals surface area contributed by atoms with Gasteiger partial charge in [0.1, 0.15) is 19.0 Å². The van der Waals surface area contributed by atoms with Crippen molar-refractivity contribution in [2.24, 2.45) is 0 Å². The molecule has 2 amide bonds. The fourth-order valence-corrected chi connectivity index (χ4v) is 6.11. The summed E-state index contributed by atoms with van der Waals surface area (Å²) in [6, 6.07) is 12.1. The van der Waals surface area contributed by atoms with Crippen LogP contribution in [-0.4, -0.2) is 91.7 Å². The van der Waals surface area contributed by atoms with Gasteiger partial charge in [-0.25, -0.2) is 0 Å². The van der Waals surface area contributed by atoms with Crippen molar-refractivity contribution in [2.45, 2.75) is 25.3 Å². The van der Waals surface area contributed by atoms with Crippen LogP contribution >= 0.6 is 0 Å². The van der Waals surface area contributed by atoms with E-state index in [0.717, 1.165) is 12.8 Å². The van der Waals surface area contributed by atoms with Gasteiger partial charge < -0.3 is 29.1 Å². The molecule has 0 bridgehead atoms. The molecule has 10 heteroatoms. The predicted molar refractivity (Wildman–Crippen MR) is 146 cm³/mol. The molecule has 1 spiro atoms. The molecular formula is C30H33N3O7. The Bertz CT molecular complexity index is 1380. The van der Waals surface area contributed by atoms with Crippen LogP contribution in [-0.2, 0) is 24.7 Å². The summed E-state index contributed by atoms with van der Waals surface area (Å²) in [7, 11) is 0. The molecule has 6 rings (SSSR count). The second-order valence-electron chi connectivity index (χ2n) is 10.4. The van der Waals surface area contributed by atoms with E-state index in [1.807, 2.05) is 19.1 Å². The Labute approximate surface area is 232 Å². The Morgan fingerprint density at radius 3 is 2.45 bits per heavy atom. The second-order valence-corrected chi connectivity index (χ2v) is 10.4. The van der Waals surface area contributed by atoms with Crippen molar-refractivity contribution >= 4 is 29.0 Å². The van der Waals surface area contributed by atoms with Gasteiger partial charge in [0.05, 0.1) is 24.5 Å². The van der Waals surface area contributed by atoms with Gasteiger partial charge in [0.25, 0.3) is 17.6 Å². The molecule has 2 aromatic rings. The Morgan fingerprint density at radius 1 is 0.925 bits per heavy atom. The van der Waals surface area contributed by atoms with Crippen LogP contribution in [0.5, 0.6) is 11.5 Å². The number of morpholine rings is 1. The molecule has 4 aliphatic heterocycles. The minimum absolute atomic E-state index is 0.143. The van der Waals surface area contributed by atoms with Gasteiger partial charge in [0.2, 0.25) is 0 Å². The molecule has 0 radical (unpaired) electrons. The Balaban J connectivity index is 1.52. The zero-order valence-electron chi connectivity index (χ0n) is 22.6. The molecule has 210 valence electrons. The number of hydrogen-bond donors (Lipinski definition) is 1. The number of carbonyl (C=O) groups excluding carboxylic acids is 3. The molecule has 1 N–H and O–H groups in total. The molecular weight excluding hydrogens is 514 g/mol. The largest absolute Gasteiger partial charge is 0.507 e. The molecule has 0 saturated carbocycles. The van der Waals surface area contributed by atoms with Gasteiger partial charge in [-0.05, 0) is 30.7 Å². The van der Waals surface area contributed by atoms with E-state index in [2.05, 4.69) is 4.90 Å². The molecule has 10 nitrogen and oxygen atoms in total. The Morgan fingerprint density at radius 2 is 1.68 bits per heavy atom. The number of benzene rings is 2. The molecule has 2 saturated heterocycles. The third-order valence-electron chi connectivity index (χ3n) is 8.10. The quantitative estimate of drug-likeness (QED) is 0.320. The highest BCUT2D eigenvalue weighted by atomic mass is 16.6. The molecule has 1 atom stereocenters. The van der Waals surface area contributed by atoms with E-state index in [0.29, 0.717) is 75.4 Å². The summed E-state index contributed by atoms with van der Waals surface area (Å²) in [5.41, 5.74) is -0.550. The lowest BCUT2D eigenvalue weighted by atomic mass is 9.82. The smallest absolute Gasteiger partial charge is 0.296 e. The molecule has 0 aliphatic carbocycles. The zero-order valence-corrected chi connectivity index (χ0v) is 22.6. The van der Waals surface area contributed by atoms with Crippen molar-refractivity contribution in [2.75, 3.05) is 64.1 Å². The highest BCUT2D eigenvalue weighted by Gasteiger charge is 2.67.